The van der Waals surface area contributed by atoms with E-state index in [-0.39, 0.29) is 22.7 Å². The highest BCUT2D eigenvalue weighted by molar-refractivity contribution is 6.61. The summed E-state index contributed by atoms with van der Waals surface area (Å²) in [6, 6.07) is 14.1. The number of anilines is 2. The van der Waals surface area contributed by atoms with Gasteiger partial charge in [-0.3, -0.25) is 4.79 Å². The number of fused-ring (bicyclic) bond motifs is 2. The lowest BCUT2D eigenvalue weighted by atomic mass is 9.78. The summed E-state index contributed by atoms with van der Waals surface area (Å²) < 4.78 is 27.3. The van der Waals surface area contributed by atoms with Crippen LogP contribution in [0.2, 0.25) is 0 Å². The zero-order chi connectivity index (χ0) is 29.1. The normalized spacial score (nSPS) is 17.1. The summed E-state index contributed by atoms with van der Waals surface area (Å²) in [6.45, 7) is 12.4. The van der Waals surface area contributed by atoms with E-state index in [4.69, 9.17) is 9.07 Å². The summed E-state index contributed by atoms with van der Waals surface area (Å²) in [6.07, 6.45) is 2.06. The molecule has 1 atom stereocenters. The van der Waals surface area contributed by atoms with Gasteiger partial charge in [-0.05, 0) is 79.4 Å². The smallest absolute Gasteiger partial charge is 0.440 e. The van der Waals surface area contributed by atoms with Crippen LogP contribution in [0.5, 0.6) is 0 Å². The maximum atomic E-state index is 15.4. The van der Waals surface area contributed by atoms with Gasteiger partial charge in [-0.1, -0.05) is 44.2 Å². The molecule has 212 valence electrons. The van der Waals surface area contributed by atoms with Crippen molar-refractivity contribution in [3.8, 4) is 11.1 Å². The van der Waals surface area contributed by atoms with Gasteiger partial charge >= 0.3 is 7.12 Å². The van der Waals surface area contributed by atoms with Gasteiger partial charge in [0, 0.05) is 29.9 Å². The van der Waals surface area contributed by atoms with Crippen LogP contribution in [0.15, 0.2) is 57.7 Å². The Kier molecular flexibility index (Phi) is 6.95. The largest absolute Gasteiger partial charge is 0.491 e. The van der Waals surface area contributed by atoms with Crippen LogP contribution in [0.3, 0.4) is 0 Å². The van der Waals surface area contributed by atoms with Crippen LogP contribution in [-0.4, -0.2) is 25.2 Å². The molecule has 0 bridgehead atoms. The van der Waals surface area contributed by atoms with Gasteiger partial charge in [0.15, 0.2) is 5.43 Å². The van der Waals surface area contributed by atoms with Gasteiger partial charge in [0.1, 0.15) is 11.4 Å². The molecule has 2 aliphatic heterocycles. The lowest BCUT2D eigenvalue weighted by Crippen LogP contribution is -2.38. The first-order valence-corrected chi connectivity index (χ1v) is 14.3. The Labute approximate surface area is 240 Å². The van der Waals surface area contributed by atoms with Crippen LogP contribution in [-0.2, 0) is 11.3 Å². The molecule has 4 aromatic rings. The van der Waals surface area contributed by atoms with Gasteiger partial charge in [0.05, 0.1) is 23.6 Å². The van der Waals surface area contributed by atoms with Crippen LogP contribution >= 0.6 is 0 Å². The summed E-state index contributed by atoms with van der Waals surface area (Å²) in [4.78, 5) is 15.8. The number of piperidine rings is 1. The van der Waals surface area contributed by atoms with Gasteiger partial charge < -0.3 is 24.3 Å². The molecule has 3 aromatic carbocycles. The van der Waals surface area contributed by atoms with Gasteiger partial charge in [0.25, 0.3) is 0 Å². The van der Waals surface area contributed by atoms with Gasteiger partial charge in [-0.15, -0.1) is 0 Å². The van der Waals surface area contributed by atoms with Crippen molar-refractivity contribution in [2.45, 2.75) is 60.1 Å². The van der Waals surface area contributed by atoms with E-state index in [1.54, 1.807) is 12.1 Å². The van der Waals surface area contributed by atoms with Crippen LogP contribution in [0.1, 0.15) is 61.9 Å². The topological polar surface area (TPSA) is 74.9 Å². The maximum absolute atomic E-state index is 15.4. The lowest BCUT2D eigenvalue weighted by molar-refractivity contribution is 0.274. The lowest BCUT2D eigenvalue weighted by Gasteiger charge is -2.37. The molecule has 1 saturated heterocycles. The van der Waals surface area contributed by atoms with Gasteiger partial charge in [0.2, 0.25) is 5.88 Å². The van der Waals surface area contributed by atoms with E-state index in [1.807, 2.05) is 51.1 Å². The van der Waals surface area contributed by atoms with E-state index in [0.717, 1.165) is 42.6 Å². The fourth-order valence-corrected chi connectivity index (χ4v) is 6.11. The number of hydrogen-bond acceptors (Lipinski definition) is 6. The third kappa shape index (κ3) is 5.04. The third-order valence-corrected chi connectivity index (χ3v) is 8.72. The molecule has 3 heterocycles. The monoisotopic (exact) mass is 554 g/mol. The van der Waals surface area contributed by atoms with Crippen molar-refractivity contribution in [1.82, 2.24) is 0 Å². The van der Waals surface area contributed by atoms with Crippen LogP contribution < -0.4 is 21.1 Å². The number of nitrogens with one attached hydrogen (secondary N) is 1. The molecule has 0 aliphatic carbocycles. The maximum Gasteiger partial charge on any atom is 0.491 e. The molecule has 0 amide bonds. The molecule has 0 unspecified atom stereocenters. The zero-order valence-electron chi connectivity index (χ0n) is 24.3. The molecule has 8 heteroatoms. The number of halogens is 1. The summed E-state index contributed by atoms with van der Waals surface area (Å²) in [7, 11) is -1.02. The molecular formula is C33H36BFN2O4. The molecule has 0 saturated carbocycles. The number of hydrogen-bond donors (Lipinski definition) is 2. The highest BCUT2D eigenvalue weighted by Gasteiger charge is 2.30. The second-order valence-electron chi connectivity index (χ2n) is 12.3. The van der Waals surface area contributed by atoms with Crippen molar-refractivity contribution in [2.24, 2.45) is 5.41 Å². The Hall–Kier alpha value is -3.62. The van der Waals surface area contributed by atoms with Crippen molar-refractivity contribution in [1.29, 1.82) is 0 Å². The average molecular weight is 554 g/mol. The van der Waals surface area contributed by atoms with Crippen molar-refractivity contribution in [3.63, 3.8) is 0 Å². The molecular weight excluding hydrogens is 518 g/mol. The Morgan fingerprint density at radius 1 is 1.10 bits per heavy atom. The van der Waals surface area contributed by atoms with E-state index in [9.17, 15) is 9.82 Å². The number of nitrogens with zero attached hydrogens (tertiary/aromatic N) is 1. The Balaban J connectivity index is 1.41. The van der Waals surface area contributed by atoms with Crippen molar-refractivity contribution in [3.05, 3.63) is 86.8 Å². The molecule has 2 N–H and O–H groups in total. The molecule has 6 rings (SSSR count). The number of aryl methyl sites for hydroxylation is 1. The quantitative estimate of drug-likeness (QED) is 0.285. The molecule has 41 heavy (non-hydrogen) atoms. The fraction of sp³-hybridized carbons (Fsp3) is 0.364. The van der Waals surface area contributed by atoms with Crippen LogP contribution in [0.4, 0.5) is 16.0 Å². The van der Waals surface area contributed by atoms with E-state index in [2.05, 4.69) is 24.1 Å². The first-order valence-electron chi connectivity index (χ1n) is 14.3. The Morgan fingerprint density at radius 3 is 2.61 bits per heavy atom. The first-order chi connectivity index (χ1) is 19.5. The average Bonchev–Trinajstić information content (AvgIpc) is 3.30. The summed E-state index contributed by atoms with van der Waals surface area (Å²) in [5.74, 6) is 0.266. The first kappa shape index (κ1) is 27.5. The summed E-state index contributed by atoms with van der Waals surface area (Å²) >= 11 is 0. The van der Waals surface area contributed by atoms with E-state index in [1.165, 1.54) is 6.07 Å². The molecule has 6 nitrogen and oxygen atoms in total. The SMILES string of the molecule is Cc1cc([C@@H](C)Nc2cccc(F)c2-c2ccc3c(c2)B(O)OC3)c2oc(N3CCC(C)(C)CC3)c(C)c(=O)c2c1. The third-order valence-electron chi connectivity index (χ3n) is 8.72. The minimum atomic E-state index is -1.02. The molecule has 0 spiro atoms. The molecule has 2 aliphatic rings. The van der Waals surface area contributed by atoms with E-state index in [0.29, 0.717) is 51.3 Å². The minimum Gasteiger partial charge on any atom is -0.440 e. The van der Waals surface area contributed by atoms with Crippen molar-refractivity contribution in [2.75, 3.05) is 23.3 Å². The molecule has 1 fully saturated rings. The summed E-state index contributed by atoms with van der Waals surface area (Å²) in [5, 5.41) is 14.3. The van der Waals surface area contributed by atoms with E-state index >= 15 is 4.39 Å². The molecule has 0 radical (unpaired) electrons. The zero-order valence-corrected chi connectivity index (χ0v) is 24.3. The van der Waals surface area contributed by atoms with Gasteiger partial charge in [-0.2, -0.15) is 0 Å². The number of benzene rings is 3. The Bertz CT molecular complexity index is 1710. The van der Waals surface area contributed by atoms with Crippen LogP contribution in [0, 0.1) is 25.1 Å². The number of rotatable bonds is 5. The van der Waals surface area contributed by atoms with E-state index < -0.39 is 7.12 Å². The van der Waals surface area contributed by atoms with Crippen molar-refractivity contribution >= 4 is 35.1 Å². The second-order valence-corrected chi connectivity index (χ2v) is 12.3. The predicted molar refractivity (Wildman–Crippen MR) is 163 cm³/mol. The fourth-order valence-electron chi connectivity index (χ4n) is 6.11. The second kappa shape index (κ2) is 10.3. The molecule has 1 aromatic heterocycles. The highest BCUT2D eigenvalue weighted by atomic mass is 19.1. The highest BCUT2D eigenvalue weighted by Crippen LogP contribution is 2.38. The van der Waals surface area contributed by atoms with Crippen molar-refractivity contribution < 1.29 is 18.5 Å². The van der Waals surface area contributed by atoms with Gasteiger partial charge in [-0.25, -0.2) is 4.39 Å². The minimum absolute atomic E-state index is 0.0198. The Morgan fingerprint density at radius 2 is 1.85 bits per heavy atom. The standard InChI is InChI=1S/C33H36BFN2O4/c1-19-15-24(31-25(16-19)30(38)20(2)32(41-31)37-13-11-33(4,5)12-14-37)21(3)36-28-8-6-7-27(35)29(28)22-9-10-23-18-40-34(39)26(23)17-22/h6-10,15-17,21,36,39H,11-14,18H2,1-5H3/t21-/m1/s1. The summed E-state index contributed by atoms with van der Waals surface area (Å²) in [5.41, 5.74) is 6.43. The predicted octanol–water partition coefficient (Wildman–Crippen LogP) is 6.23. The van der Waals surface area contributed by atoms with Crippen LogP contribution in [0.25, 0.3) is 22.1 Å².